The topological polar surface area (TPSA) is 72.5 Å². The number of anilines is 1. The number of carbonyl (C=O) groups is 1. The molecule has 1 amide bonds. The van der Waals surface area contributed by atoms with Crippen LogP contribution in [0.5, 0.6) is 11.5 Å². The van der Waals surface area contributed by atoms with Crippen molar-refractivity contribution in [3.8, 4) is 11.5 Å². The number of hydrogen-bond donors (Lipinski definition) is 2. The Balaban J connectivity index is 1.34. The number of methoxy groups -OCH3 is 1. The van der Waals surface area contributed by atoms with E-state index in [0.717, 1.165) is 10.3 Å². The van der Waals surface area contributed by atoms with Crippen molar-refractivity contribution in [2.45, 2.75) is 6.61 Å². The number of nitrogens with zero attached hydrogens (tertiary/aromatic N) is 1. The summed E-state index contributed by atoms with van der Waals surface area (Å²) >= 11 is 12.8. The molecule has 0 saturated carbocycles. The van der Waals surface area contributed by atoms with Crippen LogP contribution < -0.4 is 20.1 Å². The molecule has 2 N–H and O–H groups in total. The molecule has 0 unspecified atom stereocenters. The SMILES string of the molecule is COc1cc2sc(NC(=S)NC(=O)c3ccc(OCc4ccccc4)cc3)nc2cc1Cl. The van der Waals surface area contributed by atoms with Gasteiger partial charge < -0.3 is 14.8 Å². The molecule has 6 nitrogen and oxygen atoms in total. The number of amides is 1. The molecule has 0 aliphatic heterocycles. The monoisotopic (exact) mass is 483 g/mol. The zero-order valence-electron chi connectivity index (χ0n) is 16.9. The van der Waals surface area contributed by atoms with E-state index in [-0.39, 0.29) is 11.0 Å². The van der Waals surface area contributed by atoms with Crippen molar-refractivity contribution < 1.29 is 14.3 Å². The second-order valence-corrected chi connectivity index (χ2v) is 8.53. The summed E-state index contributed by atoms with van der Waals surface area (Å²) in [6.07, 6.45) is 0. The highest BCUT2D eigenvalue weighted by Gasteiger charge is 2.12. The molecule has 0 bridgehead atoms. The number of fused-ring (bicyclic) bond motifs is 1. The molecule has 0 saturated heterocycles. The van der Waals surface area contributed by atoms with Gasteiger partial charge >= 0.3 is 0 Å². The zero-order chi connectivity index (χ0) is 22.5. The molecule has 1 heterocycles. The van der Waals surface area contributed by atoms with Crippen molar-refractivity contribution in [3.05, 3.63) is 82.9 Å². The van der Waals surface area contributed by atoms with E-state index in [4.69, 9.17) is 33.3 Å². The minimum atomic E-state index is -0.331. The molecule has 9 heteroatoms. The molecular formula is C23H18ClN3O3S2. The van der Waals surface area contributed by atoms with Crippen LogP contribution in [-0.4, -0.2) is 23.1 Å². The van der Waals surface area contributed by atoms with Gasteiger partial charge in [-0.25, -0.2) is 4.98 Å². The van der Waals surface area contributed by atoms with E-state index in [1.165, 1.54) is 11.3 Å². The molecule has 3 aromatic carbocycles. The Labute approximate surface area is 199 Å². The molecule has 0 aliphatic rings. The van der Waals surface area contributed by atoms with Crippen LogP contribution in [0.1, 0.15) is 15.9 Å². The van der Waals surface area contributed by atoms with E-state index >= 15 is 0 Å². The van der Waals surface area contributed by atoms with Gasteiger partial charge in [0.15, 0.2) is 10.2 Å². The molecule has 0 aliphatic carbocycles. The number of rotatable bonds is 6. The van der Waals surface area contributed by atoms with Crippen LogP contribution in [0.25, 0.3) is 10.2 Å². The quantitative estimate of drug-likeness (QED) is 0.344. The van der Waals surface area contributed by atoms with Gasteiger partial charge in [0.25, 0.3) is 5.91 Å². The predicted molar refractivity (Wildman–Crippen MR) is 132 cm³/mol. The van der Waals surface area contributed by atoms with E-state index in [9.17, 15) is 4.79 Å². The van der Waals surface area contributed by atoms with Gasteiger partial charge in [0.05, 0.1) is 22.3 Å². The summed E-state index contributed by atoms with van der Waals surface area (Å²) in [6.45, 7) is 0.458. The lowest BCUT2D eigenvalue weighted by molar-refractivity contribution is 0.0977. The summed E-state index contributed by atoms with van der Waals surface area (Å²) in [5, 5.41) is 6.76. The third-order valence-corrected chi connectivity index (χ3v) is 5.91. The van der Waals surface area contributed by atoms with Crippen LogP contribution in [0, 0.1) is 0 Å². The maximum atomic E-state index is 12.5. The van der Waals surface area contributed by atoms with Crippen molar-refractivity contribution in [2.75, 3.05) is 12.4 Å². The Morgan fingerprint density at radius 3 is 2.59 bits per heavy atom. The minimum Gasteiger partial charge on any atom is -0.495 e. The second kappa shape index (κ2) is 9.95. The fraction of sp³-hybridized carbons (Fsp3) is 0.0870. The van der Waals surface area contributed by atoms with Gasteiger partial charge in [-0.15, -0.1) is 0 Å². The molecule has 4 rings (SSSR count). The van der Waals surface area contributed by atoms with Crippen LogP contribution in [-0.2, 0) is 6.61 Å². The number of thiazole rings is 1. The number of ether oxygens (including phenoxy) is 2. The number of carbonyl (C=O) groups excluding carboxylic acids is 1. The average molecular weight is 484 g/mol. The van der Waals surface area contributed by atoms with Gasteiger partial charge in [0.2, 0.25) is 0 Å². The van der Waals surface area contributed by atoms with Crippen molar-refractivity contribution in [1.29, 1.82) is 0 Å². The van der Waals surface area contributed by atoms with E-state index < -0.39 is 0 Å². The third-order valence-electron chi connectivity index (χ3n) is 4.47. The lowest BCUT2D eigenvalue weighted by Gasteiger charge is -2.09. The molecule has 0 atom stereocenters. The van der Waals surface area contributed by atoms with Gasteiger partial charge in [-0.3, -0.25) is 10.1 Å². The number of aromatic nitrogens is 1. The van der Waals surface area contributed by atoms with Gasteiger partial charge in [-0.1, -0.05) is 53.3 Å². The van der Waals surface area contributed by atoms with Crippen LogP contribution >= 0.6 is 35.2 Å². The Kier molecular flexibility index (Phi) is 6.84. The van der Waals surface area contributed by atoms with Crippen molar-refractivity contribution >= 4 is 61.5 Å². The van der Waals surface area contributed by atoms with Crippen molar-refractivity contribution in [1.82, 2.24) is 10.3 Å². The van der Waals surface area contributed by atoms with E-state index in [2.05, 4.69) is 15.6 Å². The smallest absolute Gasteiger partial charge is 0.257 e. The lowest BCUT2D eigenvalue weighted by Crippen LogP contribution is -2.34. The number of thiocarbonyl (C=S) groups is 1. The number of hydrogen-bond acceptors (Lipinski definition) is 6. The van der Waals surface area contributed by atoms with Crippen LogP contribution in [0.3, 0.4) is 0 Å². The second-order valence-electron chi connectivity index (χ2n) is 6.68. The molecule has 0 radical (unpaired) electrons. The molecule has 0 spiro atoms. The van der Waals surface area contributed by atoms with E-state index in [1.807, 2.05) is 36.4 Å². The third kappa shape index (κ3) is 5.34. The first kappa shape index (κ1) is 22.0. The molecule has 0 fully saturated rings. The average Bonchev–Trinajstić information content (AvgIpc) is 3.18. The summed E-state index contributed by atoms with van der Waals surface area (Å²) in [5.41, 5.74) is 2.24. The predicted octanol–water partition coefficient (Wildman–Crippen LogP) is 5.66. The standard InChI is InChI=1S/C23H18ClN3O3S2/c1-29-19-12-20-18(11-17(19)24)25-23(32-20)27-22(31)26-21(28)15-7-9-16(10-8-15)30-13-14-5-3-2-4-6-14/h2-12H,13H2,1H3,(H2,25,26,27,28,31). The highest BCUT2D eigenvalue weighted by atomic mass is 35.5. The van der Waals surface area contributed by atoms with E-state index in [1.54, 1.807) is 37.4 Å². The molecule has 32 heavy (non-hydrogen) atoms. The van der Waals surface area contributed by atoms with Crippen molar-refractivity contribution in [2.24, 2.45) is 0 Å². The molecule has 4 aromatic rings. The highest BCUT2D eigenvalue weighted by molar-refractivity contribution is 7.80. The lowest BCUT2D eigenvalue weighted by atomic mass is 10.2. The largest absolute Gasteiger partial charge is 0.495 e. The summed E-state index contributed by atoms with van der Waals surface area (Å²) in [5.74, 6) is 0.916. The van der Waals surface area contributed by atoms with Gasteiger partial charge in [-0.2, -0.15) is 0 Å². The fourth-order valence-corrected chi connectivity index (χ4v) is 4.26. The highest BCUT2D eigenvalue weighted by Crippen LogP contribution is 2.34. The summed E-state index contributed by atoms with van der Waals surface area (Å²) < 4.78 is 11.9. The van der Waals surface area contributed by atoms with Gasteiger partial charge in [0, 0.05) is 11.6 Å². The van der Waals surface area contributed by atoms with Gasteiger partial charge in [-0.05, 0) is 48.1 Å². The number of nitrogens with one attached hydrogen (secondary N) is 2. The van der Waals surface area contributed by atoms with Crippen LogP contribution in [0.2, 0.25) is 5.02 Å². The Morgan fingerprint density at radius 2 is 1.88 bits per heavy atom. The first-order valence-electron chi connectivity index (χ1n) is 9.55. The maximum absolute atomic E-state index is 12.5. The molecule has 1 aromatic heterocycles. The van der Waals surface area contributed by atoms with Crippen LogP contribution in [0.4, 0.5) is 5.13 Å². The Bertz CT molecular complexity index is 1260. The first-order chi connectivity index (χ1) is 15.5. The molecule has 162 valence electrons. The first-order valence-corrected chi connectivity index (χ1v) is 11.2. The fourth-order valence-electron chi connectivity index (χ4n) is 2.89. The number of halogens is 1. The Morgan fingerprint density at radius 1 is 1.12 bits per heavy atom. The Hall–Kier alpha value is -3.20. The summed E-state index contributed by atoms with van der Waals surface area (Å²) in [4.78, 5) is 16.9. The number of benzene rings is 3. The molecular weight excluding hydrogens is 466 g/mol. The van der Waals surface area contributed by atoms with Crippen LogP contribution in [0.15, 0.2) is 66.7 Å². The normalized spacial score (nSPS) is 10.6. The van der Waals surface area contributed by atoms with Gasteiger partial charge in [0.1, 0.15) is 18.1 Å². The summed E-state index contributed by atoms with van der Waals surface area (Å²) in [6, 6.07) is 20.3. The summed E-state index contributed by atoms with van der Waals surface area (Å²) in [7, 11) is 1.56. The maximum Gasteiger partial charge on any atom is 0.257 e. The van der Waals surface area contributed by atoms with Crippen molar-refractivity contribution in [3.63, 3.8) is 0 Å². The zero-order valence-corrected chi connectivity index (χ0v) is 19.3. The van der Waals surface area contributed by atoms with E-state index in [0.29, 0.717) is 39.3 Å². The minimum absolute atomic E-state index is 0.150.